The van der Waals surface area contributed by atoms with Gasteiger partial charge in [0.2, 0.25) is 11.8 Å². The van der Waals surface area contributed by atoms with Crippen LogP contribution in [0.15, 0.2) is 35.5 Å². The quantitative estimate of drug-likeness (QED) is 0.699. The molecule has 1 atom stereocenters. The zero-order valence-electron chi connectivity index (χ0n) is 14.7. The van der Waals surface area contributed by atoms with Gasteiger partial charge in [-0.15, -0.1) is 10.2 Å². The van der Waals surface area contributed by atoms with Crippen LogP contribution in [0.3, 0.4) is 0 Å². The number of likely N-dealkylation sites (N-methyl/N-ethyl adjacent to an activating group) is 1. The first kappa shape index (κ1) is 19.0. The van der Waals surface area contributed by atoms with Crippen molar-refractivity contribution in [2.75, 3.05) is 12.3 Å². The van der Waals surface area contributed by atoms with Gasteiger partial charge in [-0.1, -0.05) is 42.1 Å². The van der Waals surface area contributed by atoms with Gasteiger partial charge in [0, 0.05) is 18.7 Å². The van der Waals surface area contributed by atoms with Crippen LogP contribution in [0.25, 0.3) is 11.4 Å². The Balaban J connectivity index is 1.98. The van der Waals surface area contributed by atoms with Crippen molar-refractivity contribution >= 4 is 23.6 Å². The average Bonchev–Trinajstić information content (AvgIpc) is 3.03. The Morgan fingerprint density at radius 2 is 1.92 bits per heavy atom. The number of nitrogens with one attached hydrogen (secondary N) is 2. The smallest absolute Gasteiger partial charge is 0.242 e. The first-order valence-electron chi connectivity index (χ1n) is 8.25. The van der Waals surface area contributed by atoms with Crippen LogP contribution in [0.1, 0.15) is 20.8 Å². The molecule has 2 aromatic rings. The van der Waals surface area contributed by atoms with Crippen molar-refractivity contribution in [3.05, 3.63) is 30.3 Å². The van der Waals surface area contributed by atoms with E-state index in [4.69, 9.17) is 0 Å². The summed E-state index contributed by atoms with van der Waals surface area (Å²) in [7, 11) is 0. The van der Waals surface area contributed by atoms with Gasteiger partial charge in [-0.05, 0) is 20.8 Å². The van der Waals surface area contributed by atoms with Gasteiger partial charge in [-0.25, -0.2) is 0 Å². The van der Waals surface area contributed by atoms with Crippen LogP contribution in [0.4, 0.5) is 0 Å². The average molecular weight is 361 g/mol. The minimum absolute atomic E-state index is 0.177. The zero-order chi connectivity index (χ0) is 18.2. The van der Waals surface area contributed by atoms with Crippen molar-refractivity contribution < 1.29 is 9.59 Å². The van der Waals surface area contributed by atoms with Crippen molar-refractivity contribution in [3.8, 4) is 11.4 Å². The Kier molecular flexibility index (Phi) is 7.00. The fourth-order valence-electron chi connectivity index (χ4n) is 2.29. The number of aromatic nitrogens is 3. The number of thioether (sulfide) groups is 1. The predicted molar refractivity (Wildman–Crippen MR) is 98.1 cm³/mol. The standard InChI is InChI=1S/C17H23N5O2S/c1-4-18-16(24)12(3)19-14(23)11-25-17-21-20-15(22(17)5-2)13-9-7-6-8-10-13/h6-10,12H,4-5,11H2,1-3H3,(H,18,24)(H,19,23)/t12-/m1/s1. The van der Waals surface area contributed by atoms with E-state index in [2.05, 4.69) is 20.8 Å². The maximum absolute atomic E-state index is 12.0. The van der Waals surface area contributed by atoms with E-state index in [1.807, 2.05) is 48.7 Å². The van der Waals surface area contributed by atoms with E-state index in [0.29, 0.717) is 18.2 Å². The number of rotatable bonds is 8. The molecule has 1 aromatic heterocycles. The molecule has 0 saturated carbocycles. The summed E-state index contributed by atoms with van der Waals surface area (Å²) in [5.74, 6) is 0.553. The van der Waals surface area contributed by atoms with Gasteiger partial charge in [0.25, 0.3) is 0 Å². The zero-order valence-corrected chi connectivity index (χ0v) is 15.5. The lowest BCUT2D eigenvalue weighted by atomic mass is 10.2. The summed E-state index contributed by atoms with van der Waals surface area (Å²) in [5, 5.41) is 14.5. The van der Waals surface area contributed by atoms with E-state index in [1.165, 1.54) is 11.8 Å². The molecule has 7 nitrogen and oxygen atoms in total. The molecule has 25 heavy (non-hydrogen) atoms. The van der Waals surface area contributed by atoms with Gasteiger partial charge in [-0.3, -0.25) is 9.59 Å². The van der Waals surface area contributed by atoms with E-state index in [-0.39, 0.29) is 17.6 Å². The lowest BCUT2D eigenvalue weighted by molar-refractivity contribution is -0.127. The van der Waals surface area contributed by atoms with Crippen molar-refractivity contribution in [1.82, 2.24) is 25.4 Å². The van der Waals surface area contributed by atoms with Gasteiger partial charge in [0.05, 0.1) is 5.75 Å². The fourth-order valence-corrected chi connectivity index (χ4v) is 3.10. The molecule has 0 aliphatic carbocycles. The lowest BCUT2D eigenvalue weighted by Crippen LogP contribution is -2.45. The predicted octanol–water partition coefficient (Wildman–Crippen LogP) is 1.70. The fraction of sp³-hybridized carbons (Fsp3) is 0.412. The SMILES string of the molecule is CCNC(=O)[C@@H](C)NC(=O)CSc1nnc(-c2ccccc2)n1CC. The molecule has 134 valence electrons. The van der Waals surface area contributed by atoms with Crippen LogP contribution in [0.2, 0.25) is 0 Å². The number of hydrogen-bond acceptors (Lipinski definition) is 5. The van der Waals surface area contributed by atoms with Crippen molar-refractivity contribution in [2.45, 2.75) is 38.5 Å². The molecule has 0 spiro atoms. The van der Waals surface area contributed by atoms with Gasteiger partial charge >= 0.3 is 0 Å². The molecule has 2 N–H and O–H groups in total. The molecule has 0 aliphatic heterocycles. The monoisotopic (exact) mass is 361 g/mol. The molecule has 0 radical (unpaired) electrons. The van der Waals surface area contributed by atoms with Gasteiger partial charge in [-0.2, -0.15) is 0 Å². The van der Waals surface area contributed by atoms with Crippen LogP contribution in [-0.2, 0) is 16.1 Å². The topological polar surface area (TPSA) is 88.9 Å². The third-order valence-electron chi connectivity index (χ3n) is 3.52. The third-order valence-corrected chi connectivity index (χ3v) is 4.49. The highest BCUT2D eigenvalue weighted by Gasteiger charge is 2.17. The van der Waals surface area contributed by atoms with Crippen LogP contribution in [-0.4, -0.2) is 44.9 Å². The Bertz CT molecular complexity index is 717. The summed E-state index contributed by atoms with van der Waals surface area (Å²) in [5.41, 5.74) is 0.984. The molecule has 0 fully saturated rings. The summed E-state index contributed by atoms with van der Waals surface area (Å²) in [6.45, 7) is 6.75. The lowest BCUT2D eigenvalue weighted by Gasteiger charge is -2.13. The summed E-state index contributed by atoms with van der Waals surface area (Å²) in [6.07, 6.45) is 0. The number of benzene rings is 1. The molecule has 0 saturated heterocycles. The van der Waals surface area contributed by atoms with Crippen LogP contribution >= 0.6 is 11.8 Å². The number of amides is 2. The Morgan fingerprint density at radius 3 is 2.56 bits per heavy atom. The van der Waals surface area contributed by atoms with Crippen LogP contribution < -0.4 is 10.6 Å². The minimum Gasteiger partial charge on any atom is -0.355 e. The van der Waals surface area contributed by atoms with Crippen LogP contribution in [0.5, 0.6) is 0 Å². The van der Waals surface area contributed by atoms with Gasteiger partial charge in [0.1, 0.15) is 6.04 Å². The number of hydrogen-bond donors (Lipinski definition) is 2. The van der Waals surface area contributed by atoms with E-state index >= 15 is 0 Å². The number of carbonyl (C=O) groups excluding carboxylic acids is 2. The molecule has 2 rings (SSSR count). The first-order chi connectivity index (χ1) is 12.1. The number of carbonyl (C=O) groups is 2. The molecule has 0 bridgehead atoms. The third kappa shape index (κ3) is 5.06. The normalized spacial score (nSPS) is 11.8. The Morgan fingerprint density at radius 1 is 1.20 bits per heavy atom. The van der Waals surface area contributed by atoms with Gasteiger partial charge < -0.3 is 15.2 Å². The summed E-state index contributed by atoms with van der Waals surface area (Å²) in [4.78, 5) is 23.7. The van der Waals surface area contributed by atoms with E-state index < -0.39 is 6.04 Å². The maximum atomic E-state index is 12.0. The number of nitrogens with zero attached hydrogens (tertiary/aromatic N) is 3. The van der Waals surface area contributed by atoms with Crippen molar-refractivity contribution in [2.24, 2.45) is 0 Å². The Labute approximate surface area is 151 Å². The summed E-state index contributed by atoms with van der Waals surface area (Å²) >= 11 is 1.31. The summed E-state index contributed by atoms with van der Waals surface area (Å²) in [6, 6.07) is 9.25. The molecular formula is C17H23N5O2S. The second-order valence-corrected chi connectivity index (χ2v) is 6.33. The highest BCUT2D eigenvalue weighted by Crippen LogP contribution is 2.23. The minimum atomic E-state index is -0.558. The molecular weight excluding hydrogens is 338 g/mol. The molecule has 8 heteroatoms. The van der Waals surface area contributed by atoms with Gasteiger partial charge in [0.15, 0.2) is 11.0 Å². The summed E-state index contributed by atoms with van der Waals surface area (Å²) < 4.78 is 1.97. The van der Waals surface area contributed by atoms with Crippen LogP contribution in [0, 0.1) is 0 Å². The van der Waals surface area contributed by atoms with Crippen molar-refractivity contribution in [1.29, 1.82) is 0 Å². The second kappa shape index (κ2) is 9.22. The molecule has 0 aliphatic rings. The van der Waals surface area contributed by atoms with Crippen molar-refractivity contribution in [3.63, 3.8) is 0 Å². The second-order valence-electron chi connectivity index (χ2n) is 5.39. The largest absolute Gasteiger partial charge is 0.355 e. The Hall–Kier alpha value is -2.35. The maximum Gasteiger partial charge on any atom is 0.242 e. The van der Waals surface area contributed by atoms with E-state index in [0.717, 1.165) is 11.4 Å². The highest BCUT2D eigenvalue weighted by atomic mass is 32.2. The molecule has 0 unspecified atom stereocenters. The van der Waals surface area contributed by atoms with E-state index in [1.54, 1.807) is 6.92 Å². The molecule has 2 amide bonds. The highest BCUT2D eigenvalue weighted by molar-refractivity contribution is 7.99. The molecule has 1 aromatic carbocycles. The molecule has 1 heterocycles. The van der Waals surface area contributed by atoms with E-state index in [9.17, 15) is 9.59 Å². The first-order valence-corrected chi connectivity index (χ1v) is 9.23.